The zero-order valence-corrected chi connectivity index (χ0v) is 21.2. The van der Waals surface area contributed by atoms with Gasteiger partial charge in [-0.1, -0.05) is 78.3 Å². The molecule has 3 aromatic carbocycles. The van der Waals surface area contributed by atoms with Gasteiger partial charge < -0.3 is 5.32 Å². The Bertz CT molecular complexity index is 1220. The quantitative estimate of drug-likeness (QED) is 0.380. The fraction of sp³-hybridized carbons (Fsp3) is 0.321. The van der Waals surface area contributed by atoms with Crippen LogP contribution in [0.3, 0.4) is 0 Å². The second kappa shape index (κ2) is 11.8. The van der Waals surface area contributed by atoms with Crippen molar-refractivity contribution in [2.24, 2.45) is 5.92 Å². The third-order valence-electron chi connectivity index (χ3n) is 6.53. The minimum atomic E-state index is -3.84. The lowest BCUT2D eigenvalue weighted by molar-refractivity contribution is -0.126. The lowest BCUT2D eigenvalue weighted by atomic mass is 9.90. The molecule has 2 atom stereocenters. The minimum Gasteiger partial charge on any atom is -0.356 e. The van der Waals surface area contributed by atoms with Gasteiger partial charge in [-0.05, 0) is 61.4 Å². The molecule has 0 aromatic heterocycles. The normalized spacial score (nSPS) is 18.8. The predicted octanol–water partition coefficient (Wildman–Crippen LogP) is 5.62. The van der Waals surface area contributed by atoms with Crippen molar-refractivity contribution in [1.29, 1.82) is 0 Å². The van der Waals surface area contributed by atoms with E-state index < -0.39 is 15.9 Å². The fourth-order valence-electron chi connectivity index (χ4n) is 4.64. The fourth-order valence-corrected chi connectivity index (χ4v) is 6.63. The van der Waals surface area contributed by atoms with E-state index in [-0.39, 0.29) is 23.4 Å². The van der Waals surface area contributed by atoms with Crippen molar-refractivity contribution < 1.29 is 13.2 Å². The number of unbranched alkanes of at least 4 members (excludes halogenated alkanes) is 1. The van der Waals surface area contributed by atoms with E-state index in [0.717, 1.165) is 24.8 Å². The first-order chi connectivity index (χ1) is 16.9. The van der Waals surface area contributed by atoms with Crippen LogP contribution in [0, 0.1) is 5.92 Å². The van der Waals surface area contributed by atoms with Crippen molar-refractivity contribution in [1.82, 2.24) is 9.62 Å². The summed E-state index contributed by atoms with van der Waals surface area (Å²) in [6, 6.07) is 25.9. The first kappa shape index (κ1) is 25.4. The van der Waals surface area contributed by atoms with E-state index in [9.17, 15) is 13.2 Å². The van der Waals surface area contributed by atoms with Crippen LogP contribution in [0.2, 0.25) is 5.02 Å². The lowest BCUT2D eigenvalue weighted by Gasteiger charge is -2.38. The van der Waals surface area contributed by atoms with Crippen LogP contribution in [0.4, 0.5) is 0 Å². The van der Waals surface area contributed by atoms with Gasteiger partial charge in [0.05, 0.1) is 16.9 Å². The van der Waals surface area contributed by atoms with E-state index in [1.54, 1.807) is 18.2 Å². The zero-order chi connectivity index (χ0) is 24.7. The summed E-state index contributed by atoms with van der Waals surface area (Å²) in [6.07, 6.45) is 4.06. The number of nitrogens with one attached hydrogen (secondary N) is 1. The molecule has 0 aliphatic carbocycles. The number of nitrogens with zero attached hydrogens (tertiary/aromatic N) is 1. The molecule has 184 valence electrons. The van der Waals surface area contributed by atoms with Gasteiger partial charge in [0.25, 0.3) is 0 Å². The average Bonchev–Trinajstić information content (AvgIpc) is 2.89. The molecule has 3 aromatic rings. The second-order valence-corrected chi connectivity index (χ2v) is 11.3. The number of amides is 1. The van der Waals surface area contributed by atoms with Crippen molar-refractivity contribution in [3.8, 4) is 0 Å². The number of halogens is 1. The number of aryl methyl sites for hydroxylation is 1. The van der Waals surface area contributed by atoms with Gasteiger partial charge in [-0.15, -0.1) is 0 Å². The molecule has 0 radical (unpaired) electrons. The Morgan fingerprint density at radius 3 is 2.34 bits per heavy atom. The molecule has 1 heterocycles. The highest BCUT2D eigenvalue weighted by atomic mass is 35.5. The Hall–Kier alpha value is -2.67. The second-order valence-electron chi connectivity index (χ2n) is 8.97. The van der Waals surface area contributed by atoms with E-state index in [2.05, 4.69) is 17.4 Å². The number of hydrogen-bond donors (Lipinski definition) is 1. The summed E-state index contributed by atoms with van der Waals surface area (Å²) in [7, 11) is -3.84. The number of carbonyl (C=O) groups excluding carboxylic acids is 1. The molecule has 1 aliphatic rings. The Balaban J connectivity index is 1.42. The maximum Gasteiger partial charge on any atom is 0.243 e. The lowest BCUT2D eigenvalue weighted by Crippen LogP contribution is -2.47. The van der Waals surface area contributed by atoms with Gasteiger partial charge in [0.2, 0.25) is 15.9 Å². The number of benzene rings is 3. The molecule has 5 nitrogen and oxygen atoms in total. The highest BCUT2D eigenvalue weighted by molar-refractivity contribution is 7.89. The molecule has 1 amide bonds. The predicted molar refractivity (Wildman–Crippen MR) is 140 cm³/mol. The number of sulfonamides is 1. The number of piperidine rings is 1. The van der Waals surface area contributed by atoms with E-state index in [1.807, 2.05) is 48.5 Å². The van der Waals surface area contributed by atoms with Crippen molar-refractivity contribution in [3.05, 3.63) is 101 Å². The third kappa shape index (κ3) is 6.51. The highest BCUT2D eigenvalue weighted by Gasteiger charge is 2.40. The van der Waals surface area contributed by atoms with Crippen LogP contribution in [0.15, 0.2) is 89.8 Å². The van der Waals surface area contributed by atoms with Gasteiger partial charge in [0.15, 0.2) is 0 Å². The molecule has 7 heteroatoms. The molecule has 0 bridgehead atoms. The molecule has 0 saturated carbocycles. The van der Waals surface area contributed by atoms with Crippen LogP contribution in [0.1, 0.15) is 42.9 Å². The smallest absolute Gasteiger partial charge is 0.243 e. The van der Waals surface area contributed by atoms with Gasteiger partial charge in [-0.2, -0.15) is 4.31 Å². The third-order valence-corrected chi connectivity index (χ3v) is 8.63. The van der Waals surface area contributed by atoms with E-state index in [0.29, 0.717) is 24.4 Å². The summed E-state index contributed by atoms with van der Waals surface area (Å²) in [5.74, 6) is -0.472. The summed E-state index contributed by atoms with van der Waals surface area (Å²) in [5, 5.41) is 3.40. The molecule has 0 unspecified atom stereocenters. The molecule has 4 rings (SSSR count). The summed E-state index contributed by atoms with van der Waals surface area (Å²) >= 11 is 6.10. The number of carbonyl (C=O) groups is 1. The van der Waals surface area contributed by atoms with E-state index >= 15 is 0 Å². The Morgan fingerprint density at radius 1 is 0.914 bits per heavy atom. The summed E-state index contributed by atoms with van der Waals surface area (Å²) in [6.45, 7) is 0.732. The SMILES string of the molecule is O=C(NCCCCc1ccccc1)[C@@H]1CC[C@H](c2ccccc2)N(S(=O)(=O)c2cccc(Cl)c2)C1. The van der Waals surface area contributed by atoms with E-state index in [1.165, 1.54) is 15.9 Å². The summed E-state index contributed by atoms with van der Waals surface area (Å²) in [4.78, 5) is 13.1. The first-order valence-electron chi connectivity index (χ1n) is 12.1. The molecule has 1 aliphatic heterocycles. The van der Waals surface area contributed by atoms with Gasteiger partial charge in [0, 0.05) is 18.1 Å². The minimum absolute atomic E-state index is 0.0810. The monoisotopic (exact) mass is 510 g/mol. The van der Waals surface area contributed by atoms with Crippen LogP contribution >= 0.6 is 11.6 Å². The van der Waals surface area contributed by atoms with Crippen LogP contribution < -0.4 is 5.32 Å². The maximum atomic E-state index is 13.7. The van der Waals surface area contributed by atoms with Crippen molar-refractivity contribution in [2.45, 2.75) is 43.0 Å². The summed E-state index contributed by atoms with van der Waals surface area (Å²) < 4.78 is 28.8. The number of rotatable bonds is 9. The van der Waals surface area contributed by atoms with Crippen molar-refractivity contribution in [3.63, 3.8) is 0 Å². The molecule has 1 saturated heterocycles. The van der Waals surface area contributed by atoms with Gasteiger partial charge in [0.1, 0.15) is 0 Å². The molecule has 1 fully saturated rings. The Kier molecular flexibility index (Phi) is 8.60. The Morgan fingerprint density at radius 2 is 1.63 bits per heavy atom. The average molecular weight is 511 g/mol. The van der Waals surface area contributed by atoms with Crippen LogP contribution in [0.25, 0.3) is 0 Å². The topological polar surface area (TPSA) is 66.5 Å². The van der Waals surface area contributed by atoms with Crippen LogP contribution in [0.5, 0.6) is 0 Å². The first-order valence-corrected chi connectivity index (χ1v) is 13.9. The standard InChI is InChI=1S/C28H31ClN2O3S/c29-25-15-9-16-26(20-25)35(33,34)31-21-24(17-18-27(31)23-13-5-2-6-14-23)28(32)30-19-8-7-12-22-10-3-1-4-11-22/h1-6,9-11,13-16,20,24,27H,7-8,12,17-19,21H2,(H,30,32)/t24-,27-/m1/s1. The molecule has 0 spiro atoms. The van der Waals surface area contributed by atoms with Crippen LogP contribution in [-0.2, 0) is 21.2 Å². The molecule has 1 N–H and O–H groups in total. The largest absolute Gasteiger partial charge is 0.356 e. The van der Waals surface area contributed by atoms with Gasteiger partial charge in [-0.3, -0.25) is 4.79 Å². The molecule has 35 heavy (non-hydrogen) atoms. The van der Waals surface area contributed by atoms with Crippen molar-refractivity contribution >= 4 is 27.5 Å². The molecular formula is C28H31ClN2O3S. The van der Waals surface area contributed by atoms with E-state index in [4.69, 9.17) is 11.6 Å². The van der Waals surface area contributed by atoms with Gasteiger partial charge >= 0.3 is 0 Å². The van der Waals surface area contributed by atoms with Crippen LogP contribution in [-0.4, -0.2) is 31.7 Å². The Labute approximate surface area is 213 Å². The highest BCUT2D eigenvalue weighted by Crippen LogP contribution is 2.38. The number of hydrogen-bond acceptors (Lipinski definition) is 3. The molecular weight excluding hydrogens is 480 g/mol. The zero-order valence-electron chi connectivity index (χ0n) is 19.6. The van der Waals surface area contributed by atoms with Crippen molar-refractivity contribution in [2.75, 3.05) is 13.1 Å². The summed E-state index contributed by atoms with van der Waals surface area (Å²) in [5.41, 5.74) is 2.22. The van der Waals surface area contributed by atoms with Gasteiger partial charge in [-0.25, -0.2) is 8.42 Å². The maximum absolute atomic E-state index is 13.7.